The van der Waals surface area contributed by atoms with Gasteiger partial charge in [0.1, 0.15) is 5.75 Å². The third kappa shape index (κ3) is 4.32. The number of fused-ring (bicyclic) bond motifs is 1. The molecule has 1 aliphatic rings. The zero-order valence-electron chi connectivity index (χ0n) is 17.6. The predicted octanol–water partition coefficient (Wildman–Crippen LogP) is 3.72. The Bertz CT molecular complexity index is 1020. The Balaban J connectivity index is 1.53. The van der Waals surface area contributed by atoms with Crippen LogP contribution in [0.2, 0.25) is 0 Å². The zero-order chi connectivity index (χ0) is 21.1. The zero-order valence-corrected chi connectivity index (χ0v) is 17.6. The summed E-state index contributed by atoms with van der Waals surface area (Å²) >= 11 is 0. The molecule has 1 fully saturated rings. The van der Waals surface area contributed by atoms with Gasteiger partial charge in [0.25, 0.3) is 0 Å². The molecule has 3 aromatic rings. The molecule has 7 heteroatoms. The van der Waals surface area contributed by atoms with E-state index in [0.29, 0.717) is 13.0 Å². The first-order chi connectivity index (χ1) is 14.5. The van der Waals surface area contributed by atoms with E-state index < -0.39 is 5.60 Å². The number of nitrogens with zero attached hydrogens (tertiary/aromatic N) is 1. The lowest BCUT2D eigenvalue weighted by atomic mass is 9.98. The number of ether oxygens (including phenoxy) is 2. The van der Waals surface area contributed by atoms with Crippen molar-refractivity contribution >= 4 is 22.5 Å². The quantitative estimate of drug-likeness (QED) is 0.554. The second-order valence-corrected chi connectivity index (χ2v) is 8.06. The minimum atomic E-state index is -0.422. The number of aromatic amines is 1. The number of carbonyl (C=O) groups is 1. The standard InChI is InChI=1S/C23H28N4O3/c1-15(2)30-18-7-4-16(5-8-18)22-19-12-17(6-9-20(19)26-27-22)25-21(28)13-23(29-3)10-11-24-14-23/h4-9,12,15,24H,10-11,13-14H2,1-3H3,(H,25,28)(H,26,27)/t23-/m1/s1. The molecule has 3 N–H and O–H groups in total. The van der Waals surface area contributed by atoms with Crippen LogP contribution in [0.5, 0.6) is 5.75 Å². The first kappa shape index (κ1) is 20.4. The molecule has 0 spiro atoms. The smallest absolute Gasteiger partial charge is 0.227 e. The summed E-state index contributed by atoms with van der Waals surface area (Å²) in [5.41, 5.74) is 3.06. The molecule has 7 nitrogen and oxygen atoms in total. The van der Waals surface area contributed by atoms with Crippen LogP contribution < -0.4 is 15.4 Å². The molecule has 2 aromatic carbocycles. The molecule has 1 saturated heterocycles. The number of nitrogens with one attached hydrogen (secondary N) is 3. The van der Waals surface area contributed by atoms with Crippen LogP contribution in [0.25, 0.3) is 22.2 Å². The molecule has 4 rings (SSSR count). The minimum Gasteiger partial charge on any atom is -0.491 e. The highest BCUT2D eigenvalue weighted by Crippen LogP contribution is 2.30. The van der Waals surface area contributed by atoms with Gasteiger partial charge in [0.2, 0.25) is 5.91 Å². The van der Waals surface area contributed by atoms with Crippen LogP contribution in [0.15, 0.2) is 42.5 Å². The summed E-state index contributed by atoms with van der Waals surface area (Å²) in [5, 5.41) is 14.8. The molecule has 1 atom stereocenters. The van der Waals surface area contributed by atoms with E-state index >= 15 is 0 Å². The van der Waals surface area contributed by atoms with Crippen molar-refractivity contribution in [3.63, 3.8) is 0 Å². The number of hydrogen-bond acceptors (Lipinski definition) is 5. The molecular formula is C23H28N4O3. The Morgan fingerprint density at radius 1 is 1.23 bits per heavy atom. The van der Waals surface area contributed by atoms with E-state index in [-0.39, 0.29) is 12.0 Å². The number of carbonyl (C=O) groups excluding carboxylic acids is 1. The third-order valence-corrected chi connectivity index (χ3v) is 5.47. The first-order valence-corrected chi connectivity index (χ1v) is 10.3. The largest absolute Gasteiger partial charge is 0.491 e. The Hall–Kier alpha value is -2.90. The highest BCUT2D eigenvalue weighted by molar-refractivity contribution is 5.98. The Labute approximate surface area is 176 Å². The normalized spacial score (nSPS) is 18.8. The molecule has 0 bridgehead atoms. The van der Waals surface area contributed by atoms with Gasteiger partial charge in [-0.05, 0) is 69.3 Å². The fraction of sp³-hybridized carbons (Fsp3) is 0.391. The maximum atomic E-state index is 12.6. The SMILES string of the molecule is CO[C@@]1(CC(=O)Nc2ccc3[nH]nc(-c4ccc(OC(C)C)cc4)c3c2)CCNC1. The van der Waals surface area contributed by atoms with Gasteiger partial charge in [-0.2, -0.15) is 5.10 Å². The van der Waals surface area contributed by atoms with Gasteiger partial charge in [0, 0.05) is 30.3 Å². The molecule has 0 aliphatic carbocycles. The van der Waals surface area contributed by atoms with Crippen LogP contribution in [-0.2, 0) is 9.53 Å². The van der Waals surface area contributed by atoms with E-state index in [2.05, 4.69) is 20.8 Å². The monoisotopic (exact) mass is 408 g/mol. The van der Waals surface area contributed by atoms with Crippen molar-refractivity contribution in [2.45, 2.75) is 38.4 Å². The highest BCUT2D eigenvalue weighted by atomic mass is 16.5. The second-order valence-electron chi connectivity index (χ2n) is 8.06. The van der Waals surface area contributed by atoms with Crippen LogP contribution in [0.3, 0.4) is 0 Å². The van der Waals surface area contributed by atoms with Gasteiger partial charge >= 0.3 is 0 Å². The van der Waals surface area contributed by atoms with Crippen molar-refractivity contribution in [2.24, 2.45) is 0 Å². The van der Waals surface area contributed by atoms with Crippen LogP contribution in [0, 0.1) is 0 Å². The van der Waals surface area contributed by atoms with Crippen molar-refractivity contribution < 1.29 is 14.3 Å². The molecule has 158 valence electrons. The summed E-state index contributed by atoms with van der Waals surface area (Å²) in [4.78, 5) is 12.6. The van der Waals surface area contributed by atoms with E-state index in [4.69, 9.17) is 9.47 Å². The number of H-pyrrole nitrogens is 1. The Morgan fingerprint density at radius 2 is 2.03 bits per heavy atom. The van der Waals surface area contributed by atoms with E-state index in [9.17, 15) is 4.79 Å². The molecular weight excluding hydrogens is 380 g/mol. The Morgan fingerprint density at radius 3 is 2.70 bits per heavy atom. The van der Waals surface area contributed by atoms with Crippen LogP contribution in [0.1, 0.15) is 26.7 Å². The molecule has 1 amide bonds. The number of methoxy groups -OCH3 is 1. The van der Waals surface area contributed by atoms with Gasteiger partial charge in [0.15, 0.2) is 0 Å². The molecule has 30 heavy (non-hydrogen) atoms. The first-order valence-electron chi connectivity index (χ1n) is 10.3. The van der Waals surface area contributed by atoms with Crippen LogP contribution >= 0.6 is 0 Å². The third-order valence-electron chi connectivity index (χ3n) is 5.47. The van der Waals surface area contributed by atoms with Gasteiger partial charge in [-0.15, -0.1) is 0 Å². The fourth-order valence-corrected chi connectivity index (χ4v) is 3.89. The average molecular weight is 409 g/mol. The van der Waals surface area contributed by atoms with Gasteiger partial charge in [-0.1, -0.05) is 0 Å². The van der Waals surface area contributed by atoms with Gasteiger partial charge < -0.3 is 20.1 Å². The molecule has 2 heterocycles. The van der Waals surface area contributed by atoms with Crippen molar-refractivity contribution in [2.75, 3.05) is 25.5 Å². The number of amides is 1. The lowest BCUT2D eigenvalue weighted by molar-refractivity contribution is -0.121. The van der Waals surface area contributed by atoms with Gasteiger partial charge in [-0.3, -0.25) is 9.89 Å². The van der Waals surface area contributed by atoms with E-state index in [0.717, 1.165) is 46.6 Å². The maximum absolute atomic E-state index is 12.6. The maximum Gasteiger partial charge on any atom is 0.227 e. The predicted molar refractivity (Wildman–Crippen MR) is 118 cm³/mol. The number of hydrogen-bond donors (Lipinski definition) is 3. The summed E-state index contributed by atoms with van der Waals surface area (Å²) < 4.78 is 11.3. The van der Waals surface area contributed by atoms with Crippen molar-refractivity contribution in [3.8, 4) is 17.0 Å². The summed E-state index contributed by atoms with van der Waals surface area (Å²) in [5.74, 6) is 0.773. The summed E-state index contributed by atoms with van der Waals surface area (Å²) in [7, 11) is 1.67. The second kappa shape index (κ2) is 8.45. The molecule has 0 radical (unpaired) electrons. The van der Waals surface area contributed by atoms with Gasteiger partial charge in [0.05, 0.1) is 29.3 Å². The fourth-order valence-electron chi connectivity index (χ4n) is 3.89. The van der Waals surface area contributed by atoms with Crippen LogP contribution in [0.4, 0.5) is 5.69 Å². The van der Waals surface area contributed by atoms with Crippen molar-refractivity contribution in [1.82, 2.24) is 15.5 Å². The number of anilines is 1. The van der Waals surface area contributed by atoms with Crippen molar-refractivity contribution in [1.29, 1.82) is 0 Å². The minimum absolute atomic E-state index is 0.0554. The topological polar surface area (TPSA) is 88.3 Å². The summed E-state index contributed by atoms with van der Waals surface area (Å²) in [6, 6.07) is 13.6. The van der Waals surface area contributed by atoms with Gasteiger partial charge in [-0.25, -0.2) is 0 Å². The Kier molecular flexibility index (Phi) is 5.74. The lowest BCUT2D eigenvalue weighted by Gasteiger charge is -2.25. The molecule has 1 aliphatic heterocycles. The van der Waals surface area contributed by atoms with Crippen LogP contribution in [-0.4, -0.2) is 48.0 Å². The average Bonchev–Trinajstić information content (AvgIpc) is 3.35. The van der Waals surface area contributed by atoms with E-state index in [1.807, 2.05) is 56.3 Å². The molecule has 0 saturated carbocycles. The molecule has 1 aromatic heterocycles. The summed E-state index contributed by atoms with van der Waals surface area (Å²) in [6.07, 6.45) is 1.29. The highest BCUT2D eigenvalue weighted by Gasteiger charge is 2.36. The number of rotatable bonds is 7. The van der Waals surface area contributed by atoms with Crippen molar-refractivity contribution in [3.05, 3.63) is 42.5 Å². The van der Waals surface area contributed by atoms with E-state index in [1.165, 1.54) is 0 Å². The van der Waals surface area contributed by atoms with E-state index in [1.54, 1.807) is 7.11 Å². The number of aromatic nitrogens is 2. The molecule has 0 unspecified atom stereocenters. The summed E-state index contributed by atoms with van der Waals surface area (Å²) in [6.45, 7) is 5.57. The number of benzene rings is 2. The lowest BCUT2D eigenvalue weighted by Crippen LogP contribution is -2.38.